The topological polar surface area (TPSA) is 154 Å². The van der Waals surface area contributed by atoms with Gasteiger partial charge in [0.25, 0.3) is 0 Å². The lowest BCUT2D eigenvalue weighted by atomic mass is 9.33. The van der Waals surface area contributed by atoms with Gasteiger partial charge in [-0.2, -0.15) is 0 Å². The number of allylic oxidation sites excluding steroid dienone is 1. The monoisotopic (exact) mass is 782 g/mol. The van der Waals surface area contributed by atoms with Crippen molar-refractivity contribution in [3.05, 3.63) is 71.3 Å². The Bertz CT molecular complexity index is 1990. The van der Waals surface area contributed by atoms with Crippen LogP contribution in [0.4, 0.5) is 0 Å². The summed E-state index contributed by atoms with van der Waals surface area (Å²) in [5.74, 6) is -1.07. The first-order valence-electron chi connectivity index (χ1n) is 20.9. The molecule has 0 saturated heterocycles. The number of ether oxygens (including phenoxy) is 2. The standard InChI is InChI=1S/C48H62O9/c1-43(2)21-22-47(28-49)23-24-48(29-56-41(54)15-9-30-7-12-34(50)36(52)25-30)32(33(47)27-43)11-14-39-45(5)19-18-40(44(3,4)38(45)17-20-46(39,48)6)57-42(55)16-10-31-8-13-35(51)37(53)26-31/h7-13,15-16,25-26,33,38-40,49-53H,14,17-24,27-29H2,1-6H3/b15-9+,16-10+/t33?,38?,39?,40-,45-,46+,47+,48-/m0/s1. The third kappa shape index (κ3) is 6.95. The van der Waals surface area contributed by atoms with Crippen LogP contribution >= 0.6 is 0 Å². The number of carbonyl (C=O) groups excluding carboxylic acids is 2. The van der Waals surface area contributed by atoms with E-state index in [1.54, 1.807) is 24.3 Å². The summed E-state index contributed by atoms with van der Waals surface area (Å²) in [5, 5.41) is 50.4. The summed E-state index contributed by atoms with van der Waals surface area (Å²) in [6, 6.07) is 8.83. The lowest BCUT2D eigenvalue weighted by Gasteiger charge is -2.71. The average molecular weight is 783 g/mol. The predicted molar refractivity (Wildman–Crippen MR) is 219 cm³/mol. The first-order chi connectivity index (χ1) is 26.8. The van der Waals surface area contributed by atoms with Crippen LogP contribution in [0.2, 0.25) is 0 Å². The quantitative estimate of drug-likeness (QED) is 0.0763. The van der Waals surface area contributed by atoms with Gasteiger partial charge in [0, 0.05) is 35.0 Å². The van der Waals surface area contributed by atoms with Crippen molar-refractivity contribution in [2.75, 3.05) is 13.2 Å². The van der Waals surface area contributed by atoms with Crippen molar-refractivity contribution >= 4 is 24.1 Å². The van der Waals surface area contributed by atoms with Crippen molar-refractivity contribution in [1.29, 1.82) is 0 Å². The Labute approximate surface area is 337 Å². The smallest absolute Gasteiger partial charge is 0.331 e. The van der Waals surface area contributed by atoms with E-state index in [0.717, 1.165) is 64.2 Å². The molecule has 4 fully saturated rings. The molecule has 5 aliphatic carbocycles. The van der Waals surface area contributed by atoms with E-state index in [0.29, 0.717) is 11.1 Å². The first kappa shape index (κ1) is 40.9. The fourth-order valence-electron chi connectivity index (χ4n) is 13.0. The van der Waals surface area contributed by atoms with Crippen LogP contribution in [0.3, 0.4) is 0 Å². The maximum Gasteiger partial charge on any atom is 0.331 e. The highest BCUT2D eigenvalue weighted by Gasteiger charge is 2.70. The molecule has 9 nitrogen and oxygen atoms in total. The van der Waals surface area contributed by atoms with E-state index in [1.807, 2.05) is 0 Å². The Morgan fingerprint density at radius 3 is 1.96 bits per heavy atom. The molecule has 0 bridgehead atoms. The van der Waals surface area contributed by atoms with Gasteiger partial charge in [-0.05, 0) is 146 Å². The van der Waals surface area contributed by atoms with Crippen LogP contribution in [-0.2, 0) is 19.1 Å². The van der Waals surface area contributed by atoms with Crippen LogP contribution in [0, 0.1) is 50.2 Å². The number of benzene rings is 2. The Hall–Kier alpha value is -4.24. The summed E-state index contributed by atoms with van der Waals surface area (Å²) in [6.07, 6.45) is 17.4. The molecule has 5 N–H and O–H groups in total. The molecular formula is C48H62O9. The fourth-order valence-corrected chi connectivity index (χ4v) is 13.0. The summed E-state index contributed by atoms with van der Waals surface area (Å²) >= 11 is 0. The van der Waals surface area contributed by atoms with Crippen molar-refractivity contribution in [2.45, 2.75) is 112 Å². The van der Waals surface area contributed by atoms with Crippen molar-refractivity contribution < 1.29 is 44.6 Å². The number of phenols is 4. The van der Waals surface area contributed by atoms with Crippen LogP contribution in [-0.4, -0.2) is 56.8 Å². The largest absolute Gasteiger partial charge is 0.504 e. The van der Waals surface area contributed by atoms with Gasteiger partial charge in [-0.1, -0.05) is 65.3 Å². The lowest BCUT2D eigenvalue weighted by Crippen LogP contribution is -2.66. The maximum atomic E-state index is 13.6. The minimum atomic E-state index is -0.454. The zero-order chi connectivity index (χ0) is 41.2. The summed E-state index contributed by atoms with van der Waals surface area (Å²) in [5.41, 5.74) is 1.49. The Balaban J connectivity index is 1.18. The summed E-state index contributed by atoms with van der Waals surface area (Å²) in [4.78, 5) is 26.8. The van der Waals surface area contributed by atoms with Crippen molar-refractivity contribution in [1.82, 2.24) is 0 Å². The van der Waals surface area contributed by atoms with E-state index >= 15 is 0 Å². The molecule has 0 aromatic heterocycles. The van der Waals surface area contributed by atoms with Gasteiger partial charge in [0.15, 0.2) is 23.0 Å². The molecule has 0 aliphatic heterocycles. The molecule has 2 aromatic carbocycles. The number of aliphatic hydroxyl groups is 1. The number of rotatable bonds is 8. The minimum Gasteiger partial charge on any atom is -0.504 e. The number of carbonyl (C=O) groups is 2. The molecule has 57 heavy (non-hydrogen) atoms. The van der Waals surface area contributed by atoms with E-state index in [2.05, 4.69) is 47.6 Å². The van der Waals surface area contributed by atoms with E-state index in [4.69, 9.17) is 9.47 Å². The second-order valence-electron chi connectivity index (χ2n) is 20.0. The molecule has 5 aliphatic rings. The molecule has 0 amide bonds. The van der Waals surface area contributed by atoms with Crippen LogP contribution in [0.1, 0.15) is 117 Å². The van der Waals surface area contributed by atoms with E-state index in [9.17, 15) is 35.1 Å². The van der Waals surface area contributed by atoms with Gasteiger partial charge in [0.2, 0.25) is 0 Å². The van der Waals surface area contributed by atoms with E-state index < -0.39 is 17.4 Å². The van der Waals surface area contributed by atoms with E-state index in [1.165, 1.54) is 42.0 Å². The SMILES string of the molecule is CC1(C)CC[C@]2(CO)CC[C@]3(COC(=O)/C=C/c4ccc(O)c(O)c4)C(=CCC4[C@@]5(C)CC[C@H](OC(=O)/C=C/c6ccc(O)c(O)c6)C(C)(C)C5CC[C@]43C)C2C1. The molecule has 2 aromatic rings. The molecule has 7 rings (SSSR count). The molecular weight excluding hydrogens is 721 g/mol. The second-order valence-corrected chi connectivity index (χ2v) is 20.0. The number of hydrogen-bond donors (Lipinski definition) is 5. The maximum absolute atomic E-state index is 13.6. The average Bonchev–Trinajstić information content (AvgIpc) is 3.16. The highest BCUT2D eigenvalue weighted by molar-refractivity contribution is 5.88. The van der Waals surface area contributed by atoms with Crippen molar-refractivity contribution in [2.24, 2.45) is 50.2 Å². The number of hydrogen-bond acceptors (Lipinski definition) is 9. The van der Waals surface area contributed by atoms with Gasteiger partial charge >= 0.3 is 11.9 Å². The summed E-state index contributed by atoms with van der Waals surface area (Å²) < 4.78 is 12.6. The highest BCUT2D eigenvalue weighted by Crippen LogP contribution is 2.76. The summed E-state index contributed by atoms with van der Waals surface area (Å²) in [7, 11) is 0. The number of fused-ring (bicyclic) bond motifs is 7. The zero-order valence-electron chi connectivity index (χ0n) is 34.5. The van der Waals surface area contributed by atoms with Crippen molar-refractivity contribution in [3.63, 3.8) is 0 Å². The molecule has 4 saturated carbocycles. The van der Waals surface area contributed by atoms with Gasteiger partial charge in [-0.3, -0.25) is 0 Å². The number of esters is 2. The van der Waals surface area contributed by atoms with Gasteiger partial charge < -0.3 is 35.0 Å². The normalized spacial score (nSPS) is 35.3. The van der Waals surface area contributed by atoms with Gasteiger partial charge in [-0.15, -0.1) is 0 Å². The highest BCUT2D eigenvalue weighted by atomic mass is 16.5. The number of aliphatic hydroxyl groups excluding tert-OH is 1. The third-order valence-corrected chi connectivity index (χ3v) is 16.3. The zero-order valence-corrected chi connectivity index (χ0v) is 34.5. The van der Waals surface area contributed by atoms with Gasteiger partial charge in [0.05, 0.1) is 0 Å². The second kappa shape index (κ2) is 14.5. The fraction of sp³-hybridized carbons (Fsp3) is 0.583. The molecule has 308 valence electrons. The van der Waals surface area contributed by atoms with Crippen LogP contribution in [0.5, 0.6) is 23.0 Å². The molecule has 8 atom stereocenters. The Morgan fingerprint density at radius 1 is 0.737 bits per heavy atom. The molecule has 0 radical (unpaired) electrons. The van der Waals surface area contributed by atoms with Crippen molar-refractivity contribution in [3.8, 4) is 23.0 Å². The van der Waals surface area contributed by atoms with Gasteiger partial charge in [0.1, 0.15) is 12.7 Å². The minimum absolute atomic E-state index is 0.0734. The van der Waals surface area contributed by atoms with Crippen LogP contribution in [0.15, 0.2) is 60.2 Å². The summed E-state index contributed by atoms with van der Waals surface area (Å²) in [6.45, 7) is 14.5. The third-order valence-electron chi connectivity index (χ3n) is 16.3. The Morgan fingerprint density at radius 2 is 1.35 bits per heavy atom. The van der Waals surface area contributed by atoms with Crippen LogP contribution in [0.25, 0.3) is 12.2 Å². The Kier molecular flexibility index (Phi) is 10.4. The molecule has 0 heterocycles. The molecule has 0 spiro atoms. The van der Waals surface area contributed by atoms with Crippen LogP contribution < -0.4 is 0 Å². The van der Waals surface area contributed by atoms with Gasteiger partial charge in [-0.25, -0.2) is 9.59 Å². The first-order valence-corrected chi connectivity index (χ1v) is 20.9. The predicted octanol–water partition coefficient (Wildman–Crippen LogP) is 9.46. The number of phenolic OH excluding ortho intramolecular Hbond substituents is 4. The van der Waals surface area contributed by atoms with E-state index in [-0.39, 0.29) is 87.1 Å². The molecule has 9 heteroatoms. The lowest BCUT2D eigenvalue weighted by molar-refractivity contribution is -0.221. The number of aromatic hydroxyl groups is 4. The molecule has 3 unspecified atom stereocenters.